The SMILES string of the molecule is C=C(Cc1ccccc1CN)c1noc2ccccc12.Cl. The minimum Gasteiger partial charge on any atom is -0.356 e. The number of allylic oxidation sites excluding steroid dienone is 1. The molecule has 1 aromatic heterocycles. The van der Waals surface area contributed by atoms with Crippen molar-refractivity contribution in [3.63, 3.8) is 0 Å². The molecule has 0 aliphatic rings. The van der Waals surface area contributed by atoms with Gasteiger partial charge in [-0.3, -0.25) is 0 Å². The fourth-order valence-corrected chi connectivity index (χ4v) is 2.38. The molecule has 0 radical (unpaired) electrons. The van der Waals surface area contributed by atoms with E-state index in [2.05, 4.69) is 17.8 Å². The van der Waals surface area contributed by atoms with Gasteiger partial charge in [0.2, 0.25) is 0 Å². The maximum atomic E-state index is 5.77. The van der Waals surface area contributed by atoms with Crippen molar-refractivity contribution >= 4 is 28.9 Å². The van der Waals surface area contributed by atoms with Crippen LogP contribution in [0.2, 0.25) is 0 Å². The van der Waals surface area contributed by atoms with Crippen molar-refractivity contribution in [2.24, 2.45) is 5.73 Å². The van der Waals surface area contributed by atoms with E-state index in [4.69, 9.17) is 10.3 Å². The predicted molar refractivity (Wildman–Crippen MR) is 88.3 cm³/mol. The summed E-state index contributed by atoms with van der Waals surface area (Å²) in [5, 5.41) is 5.14. The molecule has 0 aliphatic carbocycles. The minimum atomic E-state index is 0. The van der Waals surface area contributed by atoms with Crippen LogP contribution in [0.25, 0.3) is 16.5 Å². The number of nitrogens with zero attached hydrogens (tertiary/aromatic N) is 1. The Bertz CT molecular complexity index is 764. The molecule has 3 nitrogen and oxygen atoms in total. The van der Waals surface area contributed by atoms with Gasteiger partial charge < -0.3 is 10.3 Å². The van der Waals surface area contributed by atoms with Gasteiger partial charge >= 0.3 is 0 Å². The zero-order valence-electron chi connectivity index (χ0n) is 11.6. The van der Waals surface area contributed by atoms with Crippen LogP contribution in [0.5, 0.6) is 0 Å². The maximum Gasteiger partial charge on any atom is 0.167 e. The van der Waals surface area contributed by atoms with Gasteiger partial charge in [-0.15, -0.1) is 12.4 Å². The van der Waals surface area contributed by atoms with Crippen molar-refractivity contribution < 1.29 is 4.52 Å². The van der Waals surface area contributed by atoms with E-state index in [-0.39, 0.29) is 12.4 Å². The number of hydrogen-bond acceptors (Lipinski definition) is 3. The van der Waals surface area contributed by atoms with Crippen molar-refractivity contribution in [2.45, 2.75) is 13.0 Å². The summed E-state index contributed by atoms with van der Waals surface area (Å²) in [5.74, 6) is 0. The molecule has 2 N–H and O–H groups in total. The number of hydrogen-bond donors (Lipinski definition) is 1. The Morgan fingerprint density at radius 2 is 1.71 bits per heavy atom. The first-order valence-corrected chi connectivity index (χ1v) is 6.59. The van der Waals surface area contributed by atoms with Crippen LogP contribution in [0.1, 0.15) is 16.8 Å². The molecule has 0 spiro atoms. The monoisotopic (exact) mass is 300 g/mol. The van der Waals surface area contributed by atoms with Gasteiger partial charge in [0, 0.05) is 11.9 Å². The number of para-hydroxylation sites is 1. The highest BCUT2D eigenvalue weighted by Crippen LogP contribution is 2.26. The normalized spacial score (nSPS) is 10.3. The average Bonchev–Trinajstić information content (AvgIpc) is 2.92. The Labute approximate surface area is 129 Å². The maximum absolute atomic E-state index is 5.77. The second kappa shape index (κ2) is 6.57. The van der Waals surface area contributed by atoms with E-state index in [1.54, 1.807) is 0 Å². The highest BCUT2D eigenvalue weighted by molar-refractivity contribution is 5.88. The molecular formula is C17H17ClN2O. The van der Waals surface area contributed by atoms with Crippen molar-refractivity contribution in [2.75, 3.05) is 0 Å². The number of rotatable bonds is 4. The molecule has 0 atom stereocenters. The van der Waals surface area contributed by atoms with Gasteiger partial charge in [0.1, 0.15) is 5.69 Å². The molecule has 108 valence electrons. The van der Waals surface area contributed by atoms with Crippen molar-refractivity contribution in [1.29, 1.82) is 0 Å². The quantitative estimate of drug-likeness (QED) is 0.793. The third-order valence-electron chi connectivity index (χ3n) is 3.45. The molecule has 2 aromatic carbocycles. The van der Waals surface area contributed by atoms with Crippen LogP contribution < -0.4 is 5.73 Å². The Hall–Kier alpha value is -2.10. The largest absolute Gasteiger partial charge is 0.356 e. The molecule has 3 rings (SSSR count). The van der Waals surface area contributed by atoms with Crippen LogP contribution in [0.4, 0.5) is 0 Å². The molecule has 0 bridgehead atoms. The molecular weight excluding hydrogens is 284 g/mol. The van der Waals surface area contributed by atoms with E-state index in [1.165, 1.54) is 5.56 Å². The summed E-state index contributed by atoms with van der Waals surface area (Å²) in [5.41, 5.74) is 10.7. The van der Waals surface area contributed by atoms with E-state index in [0.29, 0.717) is 6.54 Å². The Morgan fingerprint density at radius 3 is 2.48 bits per heavy atom. The fraction of sp³-hybridized carbons (Fsp3) is 0.118. The Morgan fingerprint density at radius 1 is 1.05 bits per heavy atom. The third kappa shape index (κ3) is 2.99. The molecule has 0 saturated carbocycles. The molecule has 0 unspecified atom stereocenters. The van der Waals surface area contributed by atoms with Gasteiger partial charge in [-0.2, -0.15) is 0 Å². The van der Waals surface area contributed by atoms with E-state index >= 15 is 0 Å². The summed E-state index contributed by atoms with van der Waals surface area (Å²) < 4.78 is 5.33. The molecule has 0 fully saturated rings. The van der Waals surface area contributed by atoms with Crippen LogP contribution in [0, 0.1) is 0 Å². The van der Waals surface area contributed by atoms with E-state index in [0.717, 1.165) is 34.2 Å². The first kappa shape index (κ1) is 15.3. The van der Waals surface area contributed by atoms with Crippen molar-refractivity contribution in [3.8, 4) is 0 Å². The van der Waals surface area contributed by atoms with E-state index in [9.17, 15) is 0 Å². The van der Waals surface area contributed by atoms with Gasteiger partial charge in [0.15, 0.2) is 5.58 Å². The molecule has 0 aliphatic heterocycles. The number of aromatic nitrogens is 1. The number of halogens is 1. The topological polar surface area (TPSA) is 52.0 Å². The van der Waals surface area contributed by atoms with Crippen LogP contribution >= 0.6 is 12.4 Å². The lowest BCUT2D eigenvalue weighted by molar-refractivity contribution is 0.453. The summed E-state index contributed by atoms with van der Waals surface area (Å²) in [6, 6.07) is 16.0. The third-order valence-corrected chi connectivity index (χ3v) is 3.45. The van der Waals surface area contributed by atoms with E-state index < -0.39 is 0 Å². The second-order valence-corrected chi connectivity index (χ2v) is 4.78. The summed E-state index contributed by atoms with van der Waals surface area (Å²) in [6.07, 6.45) is 0.726. The zero-order chi connectivity index (χ0) is 13.9. The molecule has 0 amide bonds. The van der Waals surface area contributed by atoms with Crippen LogP contribution in [-0.4, -0.2) is 5.16 Å². The summed E-state index contributed by atoms with van der Waals surface area (Å²) >= 11 is 0. The summed E-state index contributed by atoms with van der Waals surface area (Å²) in [7, 11) is 0. The Balaban J connectivity index is 0.00000161. The summed E-state index contributed by atoms with van der Waals surface area (Å²) in [4.78, 5) is 0. The predicted octanol–water partition coefficient (Wildman–Crippen LogP) is 3.96. The molecule has 0 saturated heterocycles. The van der Waals surface area contributed by atoms with Crippen LogP contribution in [-0.2, 0) is 13.0 Å². The van der Waals surface area contributed by atoms with E-state index in [1.807, 2.05) is 42.5 Å². The lowest BCUT2D eigenvalue weighted by Crippen LogP contribution is -2.02. The van der Waals surface area contributed by atoms with Crippen molar-refractivity contribution in [3.05, 3.63) is 71.9 Å². The standard InChI is InChI=1S/C17H16N2O.ClH/c1-12(10-13-6-2-3-7-14(13)11-18)17-15-8-4-5-9-16(15)20-19-17;/h2-9H,1,10-11,18H2;1H. The number of fused-ring (bicyclic) bond motifs is 1. The minimum absolute atomic E-state index is 0. The lowest BCUT2D eigenvalue weighted by atomic mass is 9.98. The lowest BCUT2D eigenvalue weighted by Gasteiger charge is -2.08. The smallest absolute Gasteiger partial charge is 0.167 e. The fourth-order valence-electron chi connectivity index (χ4n) is 2.38. The first-order valence-electron chi connectivity index (χ1n) is 6.59. The van der Waals surface area contributed by atoms with Crippen molar-refractivity contribution in [1.82, 2.24) is 5.16 Å². The van der Waals surface area contributed by atoms with Crippen LogP contribution in [0.15, 0.2) is 59.6 Å². The van der Waals surface area contributed by atoms with Gasteiger partial charge in [-0.1, -0.05) is 48.1 Å². The van der Waals surface area contributed by atoms with Gasteiger partial charge in [-0.25, -0.2) is 0 Å². The number of nitrogens with two attached hydrogens (primary N) is 1. The highest BCUT2D eigenvalue weighted by Gasteiger charge is 2.12. The molecule has 4 heteroatoms. The van der Waals surface area contributed by atoms with Gasteiger partial charge in [0.25, 0.3) is 0 Å². The average molecular weight is 301 g/mol. The molecule has 3 aromatic rings. The first-order chi connectivity index (χ1) is 9.79. The van der Waals surface area contributed by atoms with Crippen LogP contribution in [0.3, 0.4) is 0 Å². The molecule has 1 heterocycles. The highest BCUT2D eigenvalue weighted by atomic mass is 35.5. The Kier molecular flexibility index (Phi) is 4.78. The summed E-state index contributed by atoms with van der Waals surface area (Å²) in [6.45, 7) is 4.69. The van der Waals surface area contributed by atoms with Gasteiger partial charge in [-0.05, 0) is 35.3 Å². The molecule has 21 heavy (non-hydrogen) atoms. The zero-order valence-corrected chi connectivity index (χ0v) is 12.4. The number of benzene rings is 2. The van der Waals surface area contributed by atoms with Gasteiger partial charge in [0.05, 0.1) is 0 Å². The second-order valence-electron chi connectivity index (χ2n) is 4.78.